The van der Waals surface area contributed by atoms with E-state index in [1.807, 2.05) is 6.08 Å². The van der Waals surface area contributed by atoms with Crippen molar-refractivity contribution in [1.82, 2.24) is 9.88 Å². The Hall–Kier alpha value is -2.22. The van der Waals surface area contributed by atoms with Crippen LogP contribution in [0.3, 0.4) is 0 Å². The summed E-state index contributed by atoms with van der Waals surface area (Å²) in [5.41, 5.74) is 14.1. The standard InChI is InChI=1S/C23H31F2N5O/c24-23(25)31-20-7-14(12-29-22(20)27)18(26)10-19(28-11-13-3-4-13)21-16-8-15(9-17(16)21)30-5-1-2-6-30/h7,10,12-13,15-17,21,23H,1-6,8-9,11,26H2,(H2,27,29)/t15?,16-,17+,21?. The molecule has 2 unspecified atom stereocenters. The number of pyridine rings is 1. The number of anilines is 1. The molecule has 4 atom stereocenters. The number of alkyl halides is 2. The summed E-state index contributed by atoms with van der Waals surface area (Å²) in [4.78, 5) is 11.6. The second kappa shape index (κ2) is 8.37. The van der Waals surface area contributed by atoms with Crippen molar-refractivity contribution < 1.29 is 13.5 Å². The SMILES string of the molecule is NC(=CC(=NCC1CC1)C1[C@H]2CC(N3CCCC3)C[C@@H]12)c1cnc(N)c(OC(F)F)c1. The molecule has 3 saturated carbocycles. The Bertz CT molecular complexity index is 867. The number of nitrogen functional groups attached to an aromatic ring is 1. The average molecular weight is 432 g/mol. The average Bonchev–Trinajstić information content (AvgIpc) is 3.55. The lowest BCUT2D eigenvalue weighted by molar-refractivity contribution is -0.0495. The number of ether oxygens (including phenoxy) is 1. The number of rotatable bonds is 8. The van der Waals surface area contributed by atoms with Gasteiger partial charge in [0.05, 0.1) is 0 Å². The van der Waals surface area contributed by atoms with Gasteiger partial charge in [0, 0.05) is 41.7 Å². The van der Waals surface area contributed by atoms with Crippen LogP contribution in [-0.4, -0.2) is 47.9 Å². The van der Waals surface area contributed by atoms with Gasteiger partial charge in [-0.25, -0.2) is 4.98 Å². The number of hydrogen-bond donors (Lipinski definition) is 2. The van der Waals surface area contributed by atoms with Gasteiger partial charge in [0.1, 0.15) is 0 Å². The highest BCUT2D eigenvalue weighted by molar-refractivity contribution is 6.04. The van der Waals surface area contributed by atoms with E-state index in [2.05, 4.69) is 14.6 Å². The lowest BCUT2D eigenvalue weighted by Gasteiger charge is -2.25. The van der Waals surface area contributed by atoms with E-state index in [0.29, 0.717) is 34.9 Å². The fraction of sp³-hybridized carbons (Fsp3) is 0.652. The third kappa shape index (κ3) is 4.54. The number of nitrogens with two attached hydrogens (primary N) is 2. The predicted molar refractivity (Wildman–Crippen MR) is 117 cm³/mol. The van der Waals surface area contributed by atoms with Crippen LogP contribution in [0.1, 0.15) is 44.1 Å². The van der Waals surface area contributed by atoms with Crippen molar-refractivity contribution in [3.05, 3.63) is 23.9 Å². The number of nitrogens with zero attached hydrogens (tertiary/aromatic N) is 3. The molecule has 1 saturated heterocycles. The van der Waals surface area contributed by atoms with Gasteiger partial charge >= 0.3 is 6.61 Å². The van der Waals surface area contributed by atoms with Gasteiger partial charge in [-0.15, -0.1) is 0 Å². The molecule has 5 rings (SSSR count). The van der Waals surface area contributed by atoms with Gasteiger partial charge in [-0.05, 0) is 81.5 Å². The second-order valence-corrected chi connectivity index (χ2v) is 9.52. The van der Waals surface area contributed by atoms with Gasteiger partial charge in [-0.3, -0.25) is 4.99 Å². The van der Waals surface area contributed by atoms with Gasteiger partial charge in [-0.2, -0.15) is 8.78 Å². The number of aliphatic imine (C=N–C) groups is 1. The molecule has 3 aliphatic carbocycles. The fourth-order valence-electron chi connectivity index (χ4n) is 5.48. The highest BCUT2D eigenvalue weighted by Gasteiger charge is 2.58. The van der Waals surface area contributed by atoms with Gasteiger partial charge < -0.3 is 21.1 Å². The van der Waals surface area contributed by atoms with Crippen LogP contribution in [0.15, 0.2) is 23.3 Å². The van der Waals surface area contributed by atoms with Crippen LogP contribution < -0.4 is 16.2 Å². The Morgan fingerprint density at radius 2 is 1.97 bits per heavy atom. The summed E-state index contributed by atoms with van der Waals surface area (Å²) in [6.45, 7) is 0.383. The van der Waals surface area contributed by atoms with Gasteiger partial charge in [-0.1, -0.05) is 0 Å². The molecule has 1 aromatic rings. The number of fused-ring (bicyclic) bond motifs is 1. The molecule has 0 radical (unpaired) electrons. The largest absolute Gasteiger partial charge is 0.431 e. The minimum Gasteiger partial charge on any atom is -0.431 e. The van der Waals surface area contributed by atoms with E-state index in [-0.39, 0.29) is 11.6 Å². The van der Waals surface area contributed by atoms with Crippen LogP contribution >= 0.6 is 0 Å². The zero-order chi connectivity index (χ0) is 21.5. The molecule has 0 aromatic carbocycles. The van der Waals surface area contributed by atoms with Crippen LogP contribution in [0, 0.1) is 23.7 Å². The minimum absolute atomic E-state index is 0.0795. The maximum absolute atomic E-state index is 12.6. The first-order valence-electron chi connectivity index (χ1n) is 11.5. The molecule has 0 amide bonds. The van der Waals surface area contributed by atoms with Crippen LogP contribution in [0.25, 0.3) is 5.70 Å². The van der Waals surface area contributed by atoms with Gasteiger partial charge in [0.25, 0.3) is 0 Å². The highest BCUT2D eigenvalue weighted by Crippen LogP contribution is 2.59. The number of halogens is 2. The second-order valence-electron chi connectivity index (χ2n) is 9.52. The predicted octanol–water partition coefficient (Wildman–Crippen LogP) is 3.54. The Balaban J connectivity index is 1.32. The Morgan fingerprint density at radius 1 is 1.26 bits per heavy atom. The minimum atomic E-state index is -2.96. The maximum Gasteiger partial charge on any atom is 0.387 e. The van der Waals surface area contributed by atoms with Crippen molar-refractivity contribution in [3.63, 3.8) is 0 Å². The number of allylic oxidation sites excluding steroid dienone is 1. The third-order valence-electron chi connectivity index (χ3n) is 7.38. The smallest absolute Gasteiger partial charge is 0.387 e. The van der Waals surface area contributed by atoms with E-state index in [1.54, 1.807) is 0 Å². The molecule has 8 heteroatoms. The van der Waals surface area contributed by atoms with Crippen molar-refractivity contribution in [1.29, 1.82) is 0 Å². The Kier molecular flexibility index (Phi) is 5.58. The first-order chi connectivity index (χ1) is 15.0. The first kappa shape index (κ1) is 20.7. The van der Waals surface area contributed by atoms with Crippen molar-refractivity contribution in [2.24, 2.45) is 34.4 Å². The van der Waals surface area contributed by atoms with Crippen molar-refractivity contribution in [3.8, 4) is 5.75 Å². The molecule has 4 aliphatic rings. The van der Waals surface area contributed by atoms with Gasteiger partial charge in [0.2, 0.25) is 0 Å². The molecular weight excluding hydrogens is 400 g/mol. The third-order valence-corrected chi connectivity index (χ3v) is 7.38. The number of hydrogen-bond acceptors (Lipinski definition) is 6. The fourth-order valence-corrected chi connectivity index (χ4v) is 5.48. The van der Waals surface area contributed by atoms with E-state index in [9.17, 15) is 8.78 Å². The first-order valence-corrected chi connectivity index (χ1v) is 11.5. The van der Waals surface area contributed by atoms with Crippen LogP contribution in [0.4, 0.5) is 14.6 Å². The molecule has 4 N–H and O–H groups in total. The molecule has 2 heterocycles. The van der Waals surface area contributed by atoms with Crippen molar-refractivity contribution >= 4 is 17.2 Å². The Morgan fingerprint density at radius 3 is 2.61 bits per heavy atom. The van der Waals surface area contributed by atoms with Gasteiger partial charge in [0.15, 0.2) is 11.6 Å². The van der Waals surface area contributed by atoms with E-state index >= 15 is 0 Å². The highest BCUT2D eigenvalue weighted by atomic mass is 19.3. The zero-order valence-corrected chi connectivity index (χ0v) is 17.7. The maximum atomic E-state index is 12.6. The molecule has 0 bridgehead atoms. The van der Waals surface area contributed by atoms with Crippen molar-refractivity contribution in [2.45, 2.75) is 51.2 Å². The summed E-state index contributed by atoms with van der Waals surface area (Å²) in [6, 6.07) is 2.16. The molecule has 4 fully saturated rings. The molecule has 6 nitrogen and oxygen atoms in total. The monoisotopic (exact) mass is 431 g/mol. The summed E-state index contributed by atoms with van der Waals surface area (Å²) in [5.74, 6) is 2.31. The molecule has 1 aliphatic heterocycles. The quantitative estimate of drug-likeness (QED) is 0.615. The molecular formula is C23H31F2N5O. The van der Waals surface area contributed by atoms with E-state index in [4.69, 9.17) is 16.5 Å². The molecule has 0 spiro atoms. The van der Waals surface area contributed by atoms with Crippen LogP contribution in [0.5, 0.6) is 5.75 Å². The molecule has 168 valence electrons. The van der Waals surface area contributed by atoms with Crippen LogP contribution in [-0.2, 0) is 0 Å². The topological polar surface area (TPSA) is 89.8 Å². The summed E-state index contributed by atoms with van der Waals surface area (Å²) in [6.07, 6.45) is 11.1. The lowest BCUT2D eigenvalue weighted by atomic mass is 10.0. The number of aromatic nitrogens is 1. The molecule has 1 aromatic heterocycles. The Labute approximate surface area is 181 Å². The van der Waals surface area contributed by atoms with Crippen LogP contribution in [0.2, 0.25) is 0 Å². The normalized spacial score (nSPS) is 31.3. The molecule has 31 heavy (non-hydrogen) atoms. The van der Waals surface area contributed by atoms with E-state index < -0.39 is 6.61 Å². The summed E-state index contributed by atoms with van der Waals surface area (Å²) in [5, 5.41) is 0. The van der Waals surface area contributed by atoms with E-state index in [1.165, 1.54) is 63.9 Å². The van der Waals surface area contributed by atoms with E-state index in [0.717, 1.165) is 18.3 Å². The summed E-state index contributed by atoms with van der Waals surface area (Å²) >= 11 is 0. The zero-order valence-electron chi connectivity index (χ0n) is 17.7. The van der Waals surface area contributed by atoms with Crippen molar-refractivity contribution in [2.75, 3.05) is 25.4 Å². The summed E-state index contributed by atoms with van der Waals surface area (Å²) < 4.78 is 29.8. The number of likely N-dealkylation sites (tertiary alicyclic amines) is 1. The lowest BCUT2D eigenvalue weighted by Crippen LogP contribution is -2.32. The summed E-state index contributed by atoms with van der Waals surface area (Å²) in [7, 11) is 0.